The van der Waals surface area contributed by atoms with Gasteiger partial charge in [0.1, 0.15) is 12.6 Å². The minimum absolute atomic E-state index is 0.0383. The van der Waals surface area contributed by atoms with Crippen molar-refractivity contribution in [1.29, 1.82) is 0 Å². The number of halogens is 1. The number of hydrogen-bond donors (Lipinski definition) is 1. The molecule has 2 amide bonds. The van der Waals surface area contributed by atoms with E-state index >= 15 is 0 Å². The predicted molar refractivity (Wildman–Crippen MR) is 188 cm³/mol. The van der Waals surface area contributed by atoms with Gasteiger partial charge in [-0.05, 0) is 67.6 Å². The molecule has 7 nitrogen and oxygen atoms in total. The van der Waals surface area contributed by atoms with Crippen molar-refractivity contribution >= 4 is 39.1 Å². The normalized spacial score (nSPS) is 14.3. The topological polar surface area (TPSA) is 86.8 Å². The maximum Gasteiger partial charge on any atom is 0.264 e. The molecule has 4 aromatic rings. The van der Waals surface area contributed by atoms with E-state index in [-0.39, 0.29) is 35.5 Å². The van der Waals surface area contributed by atoms with Crippen molar-refractivity contribution in [2.24, 2.45) is 0 Å². The Hall–Kier alpha value is -4.14. The molecule has 0 unspecified atom stereocenters. The van der Waals surface area contributed by atoms with E-state index in [0.717, 1.165) is 58.7 Å². The number of rotatable bonds is 12. The lowest BCUT2D eigenvalue weighted by molar-refractivity contribution is -0.140. The van der Waals surface area contributed by atoms with Gasteiger partial charge in [0.15, 0.2) is 0 Å². The third-order valence-corrected chi connectivity index (χ3v) is 10.9. The number of aryl methyl sites for hydroxylation is 2. The van der Waals surface area contributed by atoms with Gasteiger partial charge in [-0.2, -0.15) is 0 Å². The van der Waals surface area contributed by atoms with Crippen LogP contribution < -0.4 is 9.62 Å². The van der Waals surface area contributed by atoms with E-state index in [2.05, 4.69) is 5.32 Å². The van der Waals surface area contributed by atoms with Crippen LogP contribution >= 0.6 is 11.6 Å². The molecule has 4 aromatic carbocycles. The second-order valence-electron chi connectivity index (χ2n) is 12.3. The Morgan fingerprint density at radius 2 is 1.45 bits per heavy atom. The smallest absolute Gasteiger partial charge is 0.264 e. The largest absolute Gasteiger partial charge is 0.352 e. The van der Waals surface area contributed by atoms with Crippen LogP contribution in [0.5, 0.6) is 0 Å². The zero-order valence-electron chi connectivity index (χ0n) is 26.9. The van der Waals surface area contributed by atoms with Crippen LogP contribution in [0, 0.1) is 13.8 Å². The van der Waals surface area contributed by atoms with Gasteiger partial charge in [-0.15, -0.1) is 0 Å². The molecule has 9 heteroatoms. The standard InChI is InChI=1S/C38H42ClN3O4S/c1-28-18-22-34(23-19-28)47(45,46)42(33-21-20-29(2)35(39)25-33)27-37(43)41(26-31-14-8-4-9-15-31)36(24-30-12-6-3-7-13-30)38(44)40-32-16-10-5-11-17-32/h3-4,6-9,12-15,18-23,25,32,36H,5,10-11,16-17,24,26-27H2,1-2H3,(H,40,44)/t36-/m0/s1. The van der Waals surface area contributed by atoms with Crippen LogP contribution in [0.25, 0.3) is 0 Å². The van der Waals surface area contributed by atoms with Gasteiger partial charge in [-0.25, -0.2) is 8.42 Å². The fourth-order valence-corrected chi connectivity index (χ4v) is 7.56. The summed E-state index contributed by atoms with van der Waals surface area (Å²) in [6, 6.07) is 29.7. The average molecular weight is 672 g/mol. The number of amides is 2. The van der Waals surface area contributed by atoms with E-state index in [9.17, 15) is 18.0 Å². The number of benzene rings is 4. The van der Waals surface area contributed by atoms with Crippen molar-refractivity contribution in [2.75, 3.05) is 10.8 Å². The SMILES string of the molecule is Cc1ccc(S(=O)(=O)N(CC(=O)N(Cc2ccccc2)[C@@H](Cc2ccccc2)C(=O)NC2CCCCC2)c2ccc(C)c(Cl)c2)cc1. The highest BCUT2D eigenvalue weighted by Gasteiger charge is 2.35. The summed E-state index contributed by atoms with van der Waals surface area (Å²) >= 11 is 6.49. The minimum atomic E-state index is -4.20. The highest BCUT2D eigenvalue weighted by atomic mass is 35.5. The van der Waals surface area contributed by atoms with E-state index < -0.39 is 28.5 Å². The molecule has 1 N–H and O–H groups in total. The summed E-state index contributed by atoms with van der Waals surface area (Å²) in [5.41, 5.74) is 3.68. The van der Waals surface area contributed by atoms with Crippen LogP contribution in [-0.2, 0) is 32.6 Å². The van der Waals surface area contributed by atoms with Crippen molar-refractivity contribution < 1.29 is 18.0 Å². The Bertz CT molecular complexity index is 1760. The third kappa shape index (κ3) is 8.82. The molecule has 5 rings (SSSR count). The Labute approximate surface area is 283 Å². The first-order chi connectivity index (χ1) is 22.6. The summed E-state index contributed by atoms with van der Waals surface area (Å²) in [4.78, 5) is 30.4. The highest BCUT2D eigenvalue weighted by Crippen LogP contribution is 2.29. The molecule has 246 valence electrons. The summed E-state index contributed by atoms with van der Waals surface area (Å²) < 4.78 is 29.6. The molecule has 0 saturated heterocycles. The number of carbonyl (C=O) groups is 2. The maximum absolute atomic E-state index is 14.7. The fourth-order valence-electron chi connectivity index (χ4n) is 5.98. The summed E-state index contributed by atoms with van der Waals surface area (Å²) in [5, 5.41) is 3.62. The summed E-state index contributed by atoms with van der Waals surface area (Å²) in [6.07, 6.45) is 5.31. The summed E-state index contributed by atoms with van der Waals surface area (Å²) in [7, 11) is -4.20. The lowest BCUT2D eigenvalue weighted by atomic mass is 9.94. The van der Waals surface area contributed by atoms with Crippen molar-refractivity contribution in [3.63, 3.8) is 0 Å². The van der Waals surface area contributed by atoms with Crippen molar-refractivity contribution in [1.82, 2.24) is 10.2 Å². The molecule has 47 heavy (non-hydrogen) atoms. The fraction of sp³-hybridized carbons (Fsp3) is 0.316. The van der Waals surface area contributed by atoms with Crippen LogP contribution in [0.15, 0.2) is 108 Å². The van der Waals surface area contributed by atoms with Crippen LogP contribution in [0.1, 0.15) is 54.4 Å². The highest BCUT2D eigenvalue weighted by molar-refractivity contribution is 7.92. The number of nitrogens with zero attached hydrogens (tertiary/aromatic N) is 2. The van der Waals surface area contributed by atoms with Gasteiger partial charge in [-0.3, -0.25) is 13.9 Å². The van der Waals surface area contributed by atoms with Gasteiger partial charge in [0.05, 0.1) is 10.6 Å². The van der Waals surface area contributed by atoms with Gasteiger partial charge in [0.25, 0.3) is 10.0 Å². The lowest BCUT2D eigenvalue weighted by Gasteiger charge is -2.35. The van der Waals surface area contributed by atoms with Crippen LogP contribution in [-0.4, -0.2) is 43.8 Å². The Kier molecular flexibility index (Phi) is 11.4. The Balaban J connectivity index is 1.56. The molecule has 1 aliphatic carbocycles. The Morgan fingerprint density at radius 1 is 0.830 bits per heavy atom. The second-order valence-corrected chi connectivity index (χ2v) is 14.6. The summed E-state index contributed by atoms with van der Waals surface area (Å²) in [5.74, 6) is -0.739. The van der Waals surface area contributed by atoms with E-state index in [0.29, 0.717) is 5.02 Å². The molecule has 1 atom stereocenters. The van der Waals surface area contributed by atoms with Gasteiger partial charge in [0, 0.05) is 24.0 Å². The van der Waals surface area contributed by atoms with Crippen molar-refractivity contribution in [3.05, 3.63) is 130 Å². The molecule has 0 aliphatic heterocycles. The molecular formula is C38H42ClN3O4S. The predicted octanol–water partition coefficient (Wildman–Crippen LogP) is 7.24. The van der Waals surface area contributed by atoms with Crippen LogP contribution in [0.4, 0.5) is 5.69 Å². The Morgan fingerprint density at radius 3 is 2.06 bits per heavy atom. The first-order valence-corrected chi connectivity index (χ1v) is 18.0. The first-order valence-electron chi connectivity index (χ1n) is 16.1. The van der Waals surface area contributed by atoms with E-state index in [4.69, 9.17) is 11.6 Å². The molecule has 0 bridgehead atoms. The van der Waals surface area contributed by atoms with Gasteiger partial charge >= 0.3 is 0 Å². The molecule has 0 spiro atoms. The van der Waals surface area contributed by atoms with E-state index in [1.54, 1.807) is 30.3 Å². The molecule has 1 aliphatic rings. The number of sulfonamides is 1. The molecule has 0 aromatic heterocycles. The average Bonchev–Trinajstić information content (AvgIpc) is 3.08. The number of carbonyl (C=O) groups excluding carboxylic acids is 2. The number of hydrogen-bond acceptors (Lipinski definition) is 4. The van der Waals surface area contributed by atoms with Gasteiger partial charge in [0.2, 0.25) is 11.8 Å². The molecule has 1 fully saturated rings. The number of anilines is 1. The van der Waals surface area contributed by atoms with Crippen LogP contribution in [0.2, 0.25) is 5.02 Å². The molecule has 1 saturated carbocycles. The quantitative estimate of drug-likeness (QED) is 0.172. The van der Waals surface area contributed by atoms with Crippen molar-refractivity contribution in [2.45, 2.75) is 75.9 Å². The number of nitrogens with one attached hydrogen (secondary N) is 1. The van der Waals surface area contributed by atoms with Crippen molar-refractivity contribution in [3.8, 4) is 0 Å². The van der Waals surface area contributed by atoms with E-state index in [1.807, 2.05) is 74.5 Å². The second kappa shape index (κ2) is 15.6. The maximum atomic E-state index is 14.7. The zero-order valence-corrected chi connectivity index (χ0v) is 28.5. The van der Waals surface area contributed by atoms with Gasteiger partial charge < -0.3 is 10.2 Å². The third-order valence-electron chi connectivity index (χ3n) is 8.75. The first kappa shape index (κ1) is 34.2. The monoisotopic (exact) mass is 671 g/mol. The van der Waals surface area contributed by atoms with E-state index in [1.165, 1.54) is 17.0 Å². The summed E-state index contributed by atoms with van der Waals surface area (Å²) in [6.45, 7) is 3.31. The molecule has 0 radical (unpaired) electrons. The van der Waals surface area contributed by atoms with Gasteiger partial charge in [-0.1, -0.05) is 115 Å². The molecule has 0 heterocycles. The van der Waals surface area contributed by atoms with Crippen LogP contribution in [0.3, 0.4) is 0 Å². The minimum Gasteiger partial charge on any atom is -0.352 e. The molecular weight excluding hydrogens is 630 g/mol. The zero-order chi connectivity index (χ0) is 33.4. The lowest BCUT2D eigenvalue weighted by Crippen LogP contribution is -2.55.